The van der Waals surface area contributed by atoms with Gasteiger partial charge in [-0.05, 0) is 18.6 Å². The zero-order chi connectivity index (χ0) is 13.1. The molecule has 3 N–H and O–H groups in total. The van der Waals surface area contributed by atoms with Crippen LogP contribution in [0.15, 0.2) is 29.3 Å². The first-order valence-corrected chi connectivity index (χ1v) is 5.62. The molecule has 98 valence electrons. The molecule has 0 aliphatic heterocycles. The first-order chi connectivity index (χ1) is 8.60. The van der Waals surface area contributed by atoms with Crippen molar-refractivity contribution in [2.45, 2.75) is 18.9 Å². The van der Waals surface area contributed by atoms with E-state index in [1.54, 1.807) is 31.4 Å². The molecule has 2 atom stereocenters. The lowest BCUT2D eigenvalue weighted by Gasteiger charge is -2.07. The van der Waals surface area contributed by atoms with Crippen molar-refractivity contribution in [3.8, 4) is 5.75 Å². The highest BCUT2D eigenvalue weighted by Crippen LogP contribution is 2.38. The molecule has 1 saturated carbocycles. The van der Waals surface area contributed by atoms with Gasteiger partial charge < -0.3 is 15.8 Å². The highest BCUT2D eigenvalue weighted by Gasteiger charge is 2.44. The van der Waals surface area contributed by atoms with Crippen LogP contribution in [0.3, 0.4) is 0 Å². The normalized spacial score (nSPS) is 23.0. The molecular weight excluding hydrogens is 240 g/mol. The Morgan fingerprint density at radius 1 is 1.56 bits per heavy atom. The van der Waals surface area contributed by atoms with Gasteiger partial charge in [0.25, 0.3) is 0 Å². The van der Waals surface area contributed by atoms with Crippen LogP contribution in [0.4, 0.5) is 14.5 Å². The summed E-state index contributed by atoms with van der Waals surface area (Å²) in [5.41, 5.74) is 6.37. The van der Waals surface area contributed by atoms with E-state index in [0.717, 1.165) is 0 Å². The number of nitrogens with zero attached hydrogens (tertiary/aromatic N) is 1. The summed E-state index contributed by atoms with van der Waals surface area (Å²) in [6, 6.07) is 6.78. The molecule has 4 nitrogen and oxygen atoms in total. The van der Waals surface area contributed by atoms with E-state index in [9.17, 15) is 8.78 Å². The Morgan fingerprint density at radius 2 is 2.33 bits per heavy atom. The van der Waals surface area contributed by atoms with Gasteiger partial charge in [-0.3, -0.25) is 0 Å². The molecule has 1 aromatic rings. The minimum atomic E-state index is -2.32. The molecule has 0 amide bonds. The molecule has 0 bridgehead atoms. The molecule has 1 aromatic carbocycles. The van der Waals surface area contributed by atoms with Crippen LogP contribution >= 0.6 is 0 Å². The van der Waals surface area contributed by atoms with Crippen molar-refractivity contribution >= 4 is 11.6 Å². The number of anilines is 1. The largest absolute Gasteiger partial charge is 0.497 e. The summed E-state index contributed by atoms with van der Waals surface area (Å²) in [4.78, 5) is 4.00. The van der Waals surface area contributed by atoms with Crippen LogP contribution in [0.2, 0.25) is 0 Å². The van der Waals surface area contributed by atoms with Crippen LogP contribution < -0.4 is 15.8 Å². The Hall–Kier alpha value is -1.85. The average Bonchev–Trinajstić information content (AvgIpc) is 3.08. The molecule has 0 aromatic heterocycles. The molecule has 1 aliphatic carbocycles. The van der Waals surface area contributed by atoms with Crippen LogP contribution in [-0.4, -0.2) is 25.5 Å². The van der Waals surface area contributed by atoms with Gasteiger partial charge in [-0.25, -0.2) is 13.8 Å². The number of rotatable bonds is 4. The molecule has 6 heteroatoms. The van der Waals surface area contributed by atoms with Crippen molar-refractivity contribution in [3.05, 3.63) is 24.3 Å². The smallest absolute Gasteiger partial charge is 0.243 e. The highest BCUT2D eigenvalue weighted by molar-refractivity contribution is 5.92. The summed E-state index contributed by atoms with van der Waals surface area (Å²) < 4.78 is 29.7. The number of alkyl halides is 2. The van der Waals surface area contributed by atoms with Gasteiger partial charge in [0.05, 0.1) is 13.2 Å². The Morgan fingerprint density at radius 3 is 2.94 bits per heavy atom. The number of nitrogens with one attached hydrogen (secondary N) is 1. The van der Waals surface area contributed by atoms with Crippen LogP contribution in [-0.2, 0) is 0 Å². The van der Waals surface area contributed by atoms with E-state index in [1.165, 1.54) is 0 Å². The molecule has 1 aliphatic rings. The summed E-state index contributed by atoms with van der Waals surface area (Å²) in [5.74, 6) is 0.191. The number of benzene rings is 1. The fourth-order valence-electron chi connectivity index (χ4n) is 1.68. The minimum Gasteiger partial charge on any atom is -0.497 e. The van der Waals surface area contributed by atoms with Crippen LogP contribution in [0.1, 0.15) is 6.42 Å². The minimum absolute atomic E-state index is 0.149. The van der Waals surface area contributed by atoms with E-state index in [-0.39, 0.29) is 12.0 Å². The molecule has 0 spiro atoms. The Labute approximate surface area is 104 Å². The number of halogens is 2. The molecule has 2 rings (SSSR count). The Bertz CT molecular complexity index is 451. The second-order valence-corrected chi connectivity index (χ2v) is 4.17. The second-order valence-electron chi connectivity index (χ2n) is 4.17. The first-order valence-electron chi connectivity index (χ1n) is 5.62. The summed E-state index contributed by atoms with van der Waals surface area (Å²) in [5, 5.41) is 2.85. The van der Waals surface area contributed by atoms with E-state index in [2.05, 4.69) is 10.3 Å². The number of aliphatic imine (C=N–C) groups is 1. The summed E-state index contributed by atoms with van der Waals surface area (Å²) in [7, 11) is 1.56. The van der Waals surface area contributed by atoms with Gasteiger partial charge in [-0.15, -0.1) is 0 Å². The van der Waals surface area contributed by atoms with Crippen molar-refractivity contribution in [1.82, 2.24) is 0 Å². The lowest BCUT2D eigenvalue weighted by atomic mass is 10.3. The third kappa shape index (κ3) is 3.09. The van der Waals surface area contributed by atoms with E-state index in [0.29, 0.717) is 17.9 Å². The highest BCUT2D eigenvalue weighted by atomic mass is 19.3. The number of guanidine groups is 1. The third-order valence-corrected chi connectivity index (χ3v) is 2.78. The molecule has 0 unspecified atom stereocenters. The molecule has 0 radical (unpaired) electrons. The van der Waals surface area contributed by atoms with Gasteiger partial charge in [0.15, 0.2) is 5.96 Å². The maximum absolute atomic E-state index is 12.3. The number of hydrogen-bond donors (Lipinski definition) is 2. The molecule has 0 heterocycles. The summed E-state index contributed by atoms with van der Waals surface area (Å²) >= 11 is 0. The Balaban J connectivity index is 1.95. The predicted molar refractivity (Wildman–Crippen MR) is 66.1 cm³/mol. The van der Waals surface area contributed by atoms with E-state index < -0.39 is 12.3 Å². The van der Waals surface area contributed by atoms with Gasteiger partial charge >= 0.3 is 0 Å². The fourth-order valence-corrected chi connectivity index (χ4v) is 1.68. The third-order valence-electron chi connectivity index (χ3n) is 2.78. The SMILES string of the molecule is COc1cccc(NC(N)=N[C@H]2C[C@@H]2C(F)F)c1. The van der Waals surface area contributed by atoms with Gasteiger partial charge in [0.2, 0.25) is 6.43 Å². The van der Waals surface area contributed by atoms with Crippen molar-refractivity contribution in [3.63, 3.8) is 0 Å². The summed E-state index contributed by atoms with van der Waals surface area (Å²) in [6.45, 7) is 0. The molecular formula is C12H15F2N3O. The standard InChI is InChI=1S/C12H15F2N3O/c1-18-8-4-2-3-7(5-8)16-12(15)17-10-6-9(10)11(13)14/h2-5,9-11H,6H2,1H3,(H3,15,16,17)/t9-,10-/m0/s1. The van der Waals surface area contributed by atoms with Crippen LogP contribution in [0.5, 0.6) is 5.75 Å². The number of nitrogens with two attached hydrogens (primary N) is 1. The predicted octanol–water partition coefficient (Wildman–Crippen LogP) is 2.08. The zero-order valence-corrected chi connectivity index (χ0v) is 9.94. The first kappa shape index (κ1) is 12.6. The van der Waals surface area contributed by atoms with Crippen LogP contribution in [0.25, 0.3) is 0 Å². The molecule has 18 heavy (non-hydrogen) atoms. The average molecular weight is 255 g/mol. The van der Waals surface area contributed by atoms with Gasteiger partial charge in [0.1, 0.15) is 5.75 Å². The maximum atomic E-state index is 12.3. The van der Waals surface area contributed by atoms with Crippen molar-refractivity contribution < 1.29 is 13.5 Å². The number of hydrogen-bond acceptors (Lipinski definition) is 2. The fraction of sp³-hybridized carbons (Fsp3) is 0.417. The number of methoxy groups -OCH3 is 1. The second kappa shape index (κ2) is 5.20. The maximum Gasteiger partial charge on any atom is 0.243 e. The van der Waals surface area contributed by atoms with Gasteiger partial charge in [-0.1, -0.05) is 6.07 Å². The monoisotopic (exact) mass is 255 g/mol. The van der Waals surface area contributed by atoms with E-state index in [1.807, 2.05) is 0 Å². The number of ether oxygens (including phenoxy) is 1. The van der Waals surface area contributed by atoms with E-state index in [4.69, 9.17) is 10.5 Å². The van der Waals surface area contributed by atoms with Gasteiger partial charge in [0, 0.05) is 17.7 Å². The van der Waals surface area contributed by atoms with E-state index >= 15 is 0 Å². The van der Waals surface area contributed by atoms with Crippen molar-refractivity contribution in [1.29, 1.82) is 0 Å². The lowest BCUT2D eigenvalue weighted by Crippen LogP contribution is -2.23. The Kier molecular flexibility index (Phi) is 3.64. The molecule has 0 saturated heterocycles. The summed E-state index contributed by atoms with van der Waals surface area (Å²) in [6.07, 6.45) is -1.92. The lowest BCUT2D eigenvalue weighted by molar-refractivity contribution is 0.121. The van der Waals surface area contributed by atoms with Gasteiger partial charge in [-0.2, -0.15) is 0 Å². The van der Waals surface area contributed by atoms with Crippen molar-refractivity contribution in [2.75, 3.05) is 12.4 Å². The topological polar surface area (TPSA) is 59.6 Å². The van der Waals surface area contributed by atoms with Crippen LogP contribution in [0, 0.1) is 5.92 Å². The van der Waals surface area contributed by atoms with Crippen molar-refractivity contribution in [2.24, 2.45) is 16.6 Å². The zero-order valence-electron chi connectivity index (χ0n) is 9.94. The quantitative estimate of drug-likeness (QED) is 0.639. The molecule has 1 fully saturated rings.